The highest BCUT2D eigenvalue weighted by Gasteiger charge is 2.34. The predicted molar refractivity (Wildman–Crippen MR) is 105 cm³/mol. The zero-order chi connectivity index (χ0) is 18.7. The van der Waals surface area contributed by atoms with Crippen molar-refractivity contribution in [3.8, 4) is 0 Å². The van der Waals surface area contributed by atoms with E-state index in [1.807, 2.05) is 0 Å². The smallest absolute Gasteiger partial charge is 0.252 e. The summed E-state index contributed by atoms with van der Waals surface area (Å²) in [6.45, 7) is 4.76. The number of sulfonamides is 1. The van der Waals surface area contributed by atoms with Crippen molar-refractivity contribution < 1.29 is 13.2 Å². The quantitative estimate of drug-likeness (QED) is 0.557. The lowest BCUT2D eigenvalue weighted by molar-refractivity contribution is -0.120. The molecule has 1 atom stereocenters. The van der Waals surface area contributed by atoms with Gasteiger partial charge in [0.2, 0.25) is 11.0 Å². The van der Waals surface area contributed by atoms with E-state index in [9.17, 15) is 13.2 Å². The van der Waals surface area contributed by atoms with Gasteiger partial charge in [0.05, 0.1) is 5.92 Å². The molecular formula is C15H20N4O3S4. The first-order valence-electron chi connectivity index (χ1n) is 8.21. The zero-order valence-electron chi connectivity index (χ0n) is 14.4. The molecule has 2 aromatic heterocycles. The Morgan fingerprint density at radius 2 is 2.23 bits per heavy atom. The van der Waals surface area contributed by atoms with Crippen LogP contribution >= 0.6 is 34.4 Å². The number of hydrogen-bond acceptors (Lipinski definition) is 8. The zero-order valence-corrected chi connectivity index (χ0v) is 17.7. The third-order valence-electron chi connectivity index (χ3n) is 3.82. The number of thiophene rings is 1. The second-order valence-corrected chi connectivity index (χ2v) is 12.1. The van der Waals surface area contributed by atoms with Gasteiger partial charge in [0.1, 0.15) is 4.21 Å². The Kier molecular flexibility index (Phi) is 6.33. The van der Waals surface area contributed by atoms with E-state index in [1.165, 1.54) is 27.0 Å². The molecule has 1 aliphatic rings. The summed E-state index contributed by atoms with van der Waals surface area (Å²) in [7, 11) is -3.52. The van der Waals surface area contributed by atoms with Crippen LogP contribution in [-0.2, 0) is 14.8 Å². The average Bonchev–Trinajstić information content (AvgIpc) is 3.27. The molecule has 1 N–H and O–H groups in total. The van der Waals surface area contributed by atoms with Gasteiger partial charge in [-0.1, -0.05) is 43.0 Å². The summed E-state index contributed by atoms with van der Waals surface area (Å²) in [5, 5.41) is 13.4. The number of carbonyl (C=O) groups is 1. The van der Waals surface area contributed by atoms with Crippen LogP contribution < -0.4 is 5.32 Å². The van der Waals surface area contributed by atoms with E-state index >= 15 is 0 Å². The van der Waals surface area contributed by atoms with Gasteiger partial charge >= 0.3 is 0 Å². The molecule has 3 rings (SSSR count). The maximum Gasteiger partial charge on any atom is 0.252 e. The number of rotatable bonds is 6. The standard InChI is InChI=1S/C15H20N4O3S4/c1-10(2)24-15-18-17-14(25-15)16-13(20)11-5-3-7-19(9-11)26(21,22)12-6-4-8-23-12/h4,6,8,10-11H,3,5,7,9H2,1-2H3,(H,16,17,20)/t11-/m0/s1. The van der Waals surface area contributed by atoms with Crippen molar-refractivity contribution in [2.24, 2.45) is 5.92 Å². The van der Waals surface area contributed by atoms with E-state index in [-0.39, 0.29) is 18.4 Å². The maximum atomic E-state index is 12.7. The molecule has 0 saturated carbocycles. The van der Waals surface area contributed by atoms with Crippen molar-refractivity contribution in [3.63, 3.8) is 0 Å². The topological polar surface area (TPSA) is 92.3 Å². The average molecular weight is 433 g/mol. The molecule has 0 bridgehead atoms. The number of aromatic nitrogens is 2. The highest BCUT2D eigenvalue weighted by atomic mass is 32.2. The number of amides is 1. The molecule has 0 unspecified atom stereocenters. The fraction of sp³-hybridized carbons (Fsp3) is 0.533. The van der Waals surface area contributed by atoms with E-state index in [0.29, 0.717) is 34.0 Å². The third kappa shape index (κ3) is 4.63. The van der Waals surface area contributed by atoms with Crippen LogP contribution in [0.3, 0.4) is 0 Å². The summed E-state index contributed by atoms with van der Waals surface area (Å²) in [5.41, 5.74) is 0. The molecule has 3 heterocycles. The Morgan fingerprint density at radius 3 is 2.92 bits per heavy atom. The van der Waals surface area contributed by atoms with Gasteiger partial charge in [0.15, 0.2) is 4.34 Å². The maximum absolute atomic E-state index is 12.7. The predicted octanol–water partition coefficient (Wildman–Crippen LogP) is 3.14. The summed E-state index contributed by atoms with van der Waals surface area (Å²) in [5.74, 6) is -0.586. The van der Waals surface area contributed by atoms with Crippen molar-refractivity contribution in [1.29, 1.82) is 0 Å². The van der Waals surface area contributed by atoms with Crippen molar-refractivity contribution in [1.82, 2.24) is 14.5 Å². The number of hydrogen-bond donors (Lipinski definition) is 1. The summed E-state index contributed by atoms with van der Waals surface area (Å²) in [6.07, 6.45) is 1.32. The molecule has 1 fully saturated rings. The first-order chi connectivity index (χ1) is 12.4. The lowest BCUT2D eigenvalue weighted by Crippen LogP contribution is -2.43. The minimum atomic E-state index is -3.52. The number of nitrogens with zero attached hydrogens (tertiary/aromatic N) is 3. The lowest BCUT2D eigenvalue weighted by atomic mass is 9.99. The van der Waals surface area contributed by atoms with Crippen LogP contribution in [0.5, 0.6) is 0 Å². The summed E-state index contributed by atoms with van der Waals surface area (Å²) >= 11 is 4.12. The first-order valence-corrected chi connectivity index (χ1v) is 12.2. The largest absolute Gasteiger partial charge is 0.300 e. The highest BCUT2D eigenvalue weighted by Crippen LogP contribution is 2.30. The van der Waals surface area contributed by atoms with Crippen LogP contribution in [0.15, 0.2) is 26.1 Å². The van der Waals surface area contributed by atoms with Gasteiger partial charge in [-0.3, -0.25) is 4.79 Å². The molecule has 1 amide bonds. The van der Waals surface area contributed by atoms with Gasteiger partial charge in [0, 0.05) is 18.3 Å². The molecule has 0 radical (unpaired) electrons. The third-order valence-corrected chi connectivity index (χ3v) is 8.98. The Hall–Kier alpha value is -1.01. The Morgan fingerprint density at radius 1 is 1.42 bits per heavy atom. The van der Waals surface area contributed by atoms with Gasteiger partial charge in [-0.05, 0) is 24.3 Å². The van der Waals surface area contributed by atoms with Crippen LogP contribution in [0.4, 0.5) is 5.13 Å². The number of thioether (sulfide) groups is 1. The van der Waals surface area contributed by atoms with Gasteiger partial charge in [-0.15, -0.1) is 21.5 Å². The van der Waals surface area contributed by atoms with Crippen LogP contribution in [0.25, 0.3) is 0 Å². The molecular weight excluding hydrogens is 412 g/mol. The van der Waals surface area contributed by atoms with Crippen molar-refractivity contribution in [3.05, 3.63) is 17.5 Å². The lowest BCUT2D eigenvalue weighted by Gasteiger charge is -2.30. The summed E-state index contributed by atoms with van der Waals surface area (Å²) in [6, 6.07) is 3.31. The number of piperidine rings is 1. The number of carbonyl (C=O) groups excluding carboxylic acids is 1. The van der Waals surface area contributed by atoms with Crippen molar-refractivity contribution in [2.45, 2.75) is 40.5 Å². The van der Waals surface area contributed by atoms with Crippen LogP contribution in [-0.4, -0.2) is 47.2 Å². The minimum Gasteiger partial charge on any atom is -0.300 e. The molecule has 2 aromatic rings. The second kappa shape index (κ2) is 8.34. The molecule has 1 saturated heterocycles. The Bertz CT molecular complexity index is 848. The van der Waals surface area contributed by atoms with E-state index < -0.39 is 10.0 Å². The van der Waals surface area contributed by atoms with Crippen LogP contribution in [0, 0.1) is 5.92 Å². The summed E-state index contributed by atoms with van der Waals surface area (Å²) < 4.78 is 27.9. The molecule has 7 nitrogen and oxygen atoms in total. The van der Waals surface area contributed by atoms with E-state index in [0.717, 1.165) is 4.34 Å². The fourth-order valence-corrected chi connectivity index (χ4v) is 7.28. The van der Waals surface area contributed by atoms with Gasteiger partial charge in [0.25, 0.3) is 10.0 Å². The Labute approximate surface area is 165 Å². The molecule has 142 valence electrons. The van der Waals surface area contributed by atoms with Crippen LogP contribution in [0.2, 0.25) is 0 Å². The highest BCUT2D eigenvalue weighted by molar-refractivity contribution is 8.01. The van der Waals surface area contributed by atoms with Crippen molar-refractivity contribution in [2.75, 3.05) is 18.4 Å². The normalized spacial score (nSPS) is 19.0. The molecule has 11 heteroatoms. The minimum absolute atomic E-state index is 0.193. The van der Waals surface area contributed by atoms with Crippen molar-refractivity contribution >= 4 is 55.5 Å². The molecule has 0 aliphatic carbocycles. The van der Waals surface area contributed by atoms with Gasteiger partial charge in [-0.2, -0.15) is 4.31 Å². The first kappa shape index (κ1) is 19.7. The van der Waals surface area contributed by atoms with E-state index in [4.69, 9.17) is 0 Å². The van der Waals surface area contributed by atoms with Gasteiger partial charge in [-0.25, -0.2) is 8.42 Å². The Balaban J connectivity index is 1.64. The second-order valence-electron chi connectivity index (χ2n) is 6.16. The molecule has 0 spiro atoms. The molecule has 26 heavy (non-hydrogen) atoms. The number of nitrogens with one attached hydrogen (secondary N) is 1. The fourth-order valence-electron chi connectivity index (χ4n) is 2.63. The molecule has 1 aliphatic heterocycles. The number of anilines is 1. The van der Waals surface area contributed by atoms with E-state index in [1.54, 1.807) is 29.3 Å². The van der Waals surface area contributed by atoms with Gasteiger partial charge < -0.3 is 5.32 Å². The molecule has 0 aromatic carbocycles. The monoisotopic (exact) mass is 432 g/mol. The van der Waals surface area contributed by atoms with Crippen LogP contribution in [0.1, 0.15) is 26.7 Å². The summed E-state index contributed by atoms with van der Waals surface area (Å²) in [4.78, 5) is 12.6. The van der Waals surface area contributed by atoms with E-state index in [2.05, 4.69) is 29.4 Å². The SMILES string of the molecule is CC(C)Sc1nnc(NC(=O)[C@H]2CCCN(S(=O)(=O)c3cccs3)C2)s1.